The van der Waals surface area contributed by atoms with Crippen molar-refractivity contribution >= 4 is 0 Å². The molecule has 1 heterocycles. The lowest BCUT2D eigenvalue weighted by Gasteiger charge is -1.84. The molecule has 0 saturated heterocycles. The van der Waals surface area contributed by atoms with Gasteiger partial charge in [0.1, 0.15) is 0 Å². The van der Waals surface area contributed by atoms with Crippen molar-refractivity contribution in [3.05, 3.63) is 35.9 Å². The molecule has 2 nitrogen and oxygen atoms in total. The van der Waals surface area contributed by atoms with Crippen LogP contribution in [-0.4, -0.2) is 4.57 Å². The number of aromatic nitrogens is 1. The minimum Gasteiger partial charge on any atom is -0.293 e. The summed E-state index contributed by atoms with van der Waals surface area (Å²) in [6, 6.07) is 3.82. The molecule has 0 amide bonds. The number of hydrogen-bond acceptors (Lipinski definition) is 0. The Morgan fingerprint density at radius 3 is 2.50 bits per heavy atom. The Balaban J connectivity index is 2.67. The summed E-state index contributed by atoms with van der Waals surface area (Å²) < 4.78 is 1.83. The Morgan fingerprint density at radius 2 is 2.00 bits per heavy atom. The van der Waals surface area contributed by atoms with Crippen LogP contribution >= 0.6 is 0 Å². The van der Waals surface area contributed by atoms with Crippen molar-refractivity contribution in [3.63, 3.8) is 0 Å². The SMILES string of the molecule is [C-]#[N+]Cn1cccc1. The van der Waals surface area contributed by atoms with Gasteiger partial charge in [0.2, 0.25) is 0 Å². The molecule has 1 aromatic heterocycles. The second-order valence-electron chi connectivity index (χ2n) is 1.50. The van der Waals surface area contributed by atoms with Gasteiger partial charge in [0.05, 0.1) is 0 Å². The van der Waals surface area contributed by atoms with E-state index in [4.69, 9.17) is 6.57 Å². The number of rotatable bonds is 1. The van der Waals surface area contributed by atoms with Gasteiger partial charge in [-0.3, -0.25) is 9.41 Å². The Kier molecular flexibility index (Phi) is 1.34. The van der Waals surface area contributed by atoms with E-state index in [1.54, 1.807) is 0 Å². The highest BCUT2D eigenvalue weighted by atomic mass is 15.0. The smallest absolute Gasteiger partial charge is 0.292 e. The summed E-state index contributed by atoms with van der Waals surface area (Å²) in [6.45, 7) is 6.92. The van der Waals surface area contributed by atoms with Crippen LogP contribution in [0, 0.1) is 6.57 Å². The van der Waals surface area contributed by atoms with Crippen LogP contribution < -0.4 is 0 Å². The van der Waals surface area contributed by atoms with Gasteiger partial charge in [-0.05, 0) is 12.1 Å². The Morgan fingerprint density at radius 1 is 1.38 bits per heavy atom. The van der Waals surface area contributed by atoms with Crippen LogP contribution in [0.25, 0.3) is 4.85 Å². The molecule has 0 aliphatic rings. The summed E-state index contributed by atoms with van der Waals surface area (Å²) in [7, 11) is 0. The second kappa shape index (κ2) is 2.17. The van der Waals surface area contributed by atoms with E-state index in [0.29, 0.717) is 6.67 Å². The first kappa shape index (κ1) is 4.92. The van der Waals surface area contributed by atoms with Crippen LogP contribution in [0.5, 0.6) is 0 Å². The molecule has 0 bridgehead atoms. The summed E-state index contributed by atoms with van der Waals surface area (Å²) >= 11 is 0. The number of nitrogens with zero attached hydrogens (tertiary/aromatic N) is 2. The van der Waals surface area contributed by atoms with Gasteiger partial charge in [0.15, 0.2) is 0 Å². The molecule has 0 saturated carbocycles. The van der Waals surface area contributed by atoms with E-state index in [1.807, 2.05) is 29.1 Å². The van der Waals surface area contributed by atoms with E-state index in [2.05, 4.69) is 4.85 Å². The molecule has 0 fully saturated rings. The maximum atomic E-state index is 6.48. The van der Waals surface area contributed by atoms with E-state index >= 15 is 0 Å². The quantitative estimate of drug-likeness (QED) is 0.478. The monoisotopic (exact) mass is 106 g/mol. The summed E-state index contributed by atoms with van der Waals surface area (Å²) in [5.41, 5.74) is 0. The van der Waals surface area contributed by atoms with Gasteiger partial charge in [0.25, 0.3) is 6.67 Å². The largest absolute Gasteiger partial charge is 0.293 e. The molecule has 0 aliphatic heterocycles. The molecule has 8 heavy (non-hydrogen) atoms. The topological polar surface area (TPSA) is 9.29 Å². The van der Waals surface area contributed by atoms with Crippen molar-refractivity contribution in [2.45, 2.75) is 6.67 Å². The zero-order valence-corrected chi connectivity index (χ0v) is 4.41. The van der Waals surface area contributed by atoms with E-state index in [0.717, 1.165) is 0 Å². The van der Waals surface area contributed by atoms with Gasteiger partial charge < -0.3 is 0 Å². The fourth-order valence-corrected chi connectivity index (χ4v) is 0.546. The third-order valence-corrected chi connectivity index (χ3v) is 0.900. The Hall–Kier alpha value is -1.23. The van der Waals surface area contributed by atoms with Gasteiger partial charge in [-0.25, -0.2) is 6.57 Å². The van der Waals surface area contributed by atoms with Crippen LogP contribution in [-0.2, 0) is 6.67 Å². The zero-order valence-electron chi connectivity index (χ0n) is 4.41. The average Bonchev–Trinajstić information content (AvgIpc) is 2.19. The molecule has 1 rings (SSSR count). The Bertz CT molecular complexity index is 181. The van der Waals surface area contributed by atoms with E-state index in [9.17, 15) is 0 Å². The summed E-state index contributed by atoms with van der Waals surface area (Å²) in [6.07, 6.45) is 3.75. The molecule has 2 heteroatoms. The van der Waals surface area contributed by atoms with E-state index < -0.39 is 0 Å². The highest BCUT2D eigenvalue weighted by Gasteiger charge is 1.83. The lowest BCUT2D eigenvalue weighted by Crippen LogP contribution is -1.85. The first-order chi connectivity index (χ1) is 3.93. The van der Waals surface area contributed by atoms with Crippen LogP contribution in [0.2, 0.25) is 0 Å². The predicted octanol–water partition coefficient (Wildman–Crippen LogP) is 1.36. The lowest BCUT2D eigenvalue weighted by molar-refractivity contribution is 0.826. The van der Waals surface area contributed by atoms with Gasteiger partial charge in [-0.2, -0.15) is 0 Å². The molecular weight excluding hydrogens is 100 g/mol. The van der Waals surface area contributed by atoms with Gasteiger partial charge >= 0.3 is 0 Å². The Labute approximate surface area is 48.2 Å². The van der Waals surface area contributed by atoms with Crippen LogP contribution in [0.4, 0.5) is 0 Å². The van der Waals surface area contributed by atoms with Crippen molar-refractivity contribution in [2.75, 3.05) is 0 Å². The van der Waals surface area contributed by atoms with Crippen LogP contribution in [0.1, 0.15) is 0 Å². The first-order valence-electron chi connectivity index (χ1n) is 2.37. The lowest BCUT2D eigenvalue weighted by atomic mass is 10.7. The highest BCUT2D eigenvalue weighted by Crippen LogP contribution is 1.88. The zero-order chi connectivity index (χ0) is 5.82. The van der Waals surface area contributed by atoms with Crippen molar-refractivity contribution in [2.24, 2.45) is 0 Å². The predicted molar refractivity (Wildman–Crippen MR) is 31.0 cm³/mol. The second-order valence-corrected chi connectivity index (χ2v) is 1.50. The minimum atomic E-state index is 0.438. The summed E-state index contributed by atoms with van der Waals surface area (Å²) in [4.78, 5) is 3.19. The standard InChI is InChI=1S/C6H6N2/c1-7-6-8-4-2-3-5-8/h2-5H,6H2. The molecule has 0 spiro atoms. The van der Waals surface area contributed by atoms with Gasteiger partial charge in [0, 0.05) is 12.4 Å². The maximum Gasteiger partial charge on any atom is 0.292 e. The normalized spacial score (nSPS) is 8.38. The van der Waals surface area contributed by atoms with E-state index in [-0.39, 0.29) is 0 Å². The molecular formula is C6H6N2. The van der Waals surface area contributed by atoms with Gasteiger partial charge in [-0.1, -0.05) is 0 Å². The molecule has 0 unspecified atom stereocenters. The first-order valence-corrected chi connectivity index (χ1v) is 2.37. The fraction of sp³-hybridized carbons (Fsp3) is 0.167. The fourth-order valence-electron chi connectivity index (χ4n) is 0.546. The minimum absolute atomic E-state index is 0.438. The van der Waals surface area contributed by atoms with Crippen molar-refractivity contribution in [1.29, 1.82) is 0 Å². The molecule has 1 aromatic rings. The van der Waals surface area contributed by atoms with E-state index in [1.165, 1.54) is 0 Å². The van der Waals surface area contributed by atoms with Crippen molar-refractivity contribution < 1.29 is 0 Å². The third kappa shape index (κ3) is 0.881. The summed E-state index contributed by atoms with van der Waals surface area (Å²) in [5.74, 6) is 0. The molecule has 0 N–H and O–H groups in total. The molecule has 0 aromatic carbocycles. The number of hydrogen-bond donors (Lipinski definition) is 0. The van der Waals surface area contributed by atoms with Crippen LogP contribution in [0.15, 0.2) is 24.5 Å². The molecule has 0 atom stereocenters. The van der Waals surface area contributed by atoms with Crippen molar-refractivity contribution in [3.8, 4) is 0 Å². The maximum absolute atomic E-state index is 6.48. The van der Waals surface area contributed by atoms with Gasteiger partial charge in [-0.15, -0.1) is 0 Å². The average molecular weight is 106 g/mol. The third-order valence-electron chi connectivity index (χ3n) is 0.900. The highest BCUT2D eigenvalue weighted by molar-refractivity contribution is 4.90. The van der Waals surface area contributed by atoms with Crippen LogP contribution in [0.3, 0.4) is 0 Å². The van der Waals surface area contributed by atoms with Crippen molar-refractivity contribution in [1.82, 2.24) is 4.57 Å². The summed E-state index contributed by atoms with van der Waals surface area (Å²) in [5, 5.41) is 0. The molecule has 40 valence electrons. The molecule has 0 aliphatic carbocycles. The molecule has 0 radical (unpaired) electrons.